The normalized spacial score (nSPS) is 10.6. The third-order valence-electron chi connectivity index (χ3n) is 4.47. The Balaban J connectivity index is 1.59. The molecule has 1 aromatic carbocycles. The lowest BCUT2D eigenvalue weighted by Crippen LogP contribution is -2.22. The number of aryl methyl sites for hydroxylation is 1. The Labute approximate surface area is 180 Å². The van der Waals surface area contributed by atoms with Gasteiger partial charge in [-0.1, -0.05) is 11.6 Å². The van der Waals surface area contributed by atoms with Gasteiger partial charge in [-0.05, 0) is 56.7 Å². The highest BCUT2D eigenvalue weighted by molar-refractivity contribution is 7.13. The van der Waals surface area contributed by atoms with Crippen LogP contribution in [-0.4, -0.2) is 29.0 Å². The van der Waals surface area contributed by atoms with Gasteiger partial charge < -0.3 is 15.5 Å². The van der Waals surface area contributed by atoms with Gasteiger partial charge in [-0.25, -0.2) is 9.97 Å². The largest absolute Gasteiger partial charge is 0.372 e. The van der Waals surface area contributed by atoms with Crippen LogP contribution < -0.4 is 15.5 Å². The van der Waals surface area contributed by atoms with Gasteiger partial charge in [0.1, 0.15) is 5.82 Å². The molecule has 29 heavy (non-hydrogen) atoms. The maximum Gasteiger partial charge on any atom is 0.230 e. The molecule has 0 saturated heterocycles. The Morgan fingerprint density at radius 1 is 1.21 bits per heavy atom. The Hall–Kier alpha value is -2.64. The van der Waals surface area contributed by atoms with Crippen molar-refractivity contribution in [3.05, 3.63) is 58.2 Å². The summed E-state index contributed by atoms with van der Waals surface area (Å²) in [5, 5.41) is 9.23. The molecule has 2 N–H and O–H groups in total. The van der Waals surface area contributed by atoms with Crippen molar-refractivity contribution in [1.29, 1.82) is 0 Å². The Kier molecular flexibility index (Phi) is 7.06. The van der Waals surface area contributed by atoms with E-state index >= 15 is 0 Å². The van der Waals surface area contributed by atoms with Crippen LogP contribution in [0.2, 0.25) is 5.02 Å². The molecule has 0 unspecified atom stereocenters. The lowest BCUT2D eigenvalue weighted by molar-refractivity contribution is -0.115. The summed E-state index contributed by atoms with van der Waals surface area (Å²) in [6.45, 7) is 8.18. The molecule has 3 rings (SSSR count). The van der Waals surface area contributed by atoms with Crippen molar-refractivity contribution in [2.24, 2.45) is 0 Å². The number of nitrogens with zero attached hydrogens (tertiary/aromatic N) is 3. The summed E-state index contributed by atoms with van der Waals surface area (Å²) in [5.74, 6) is 0.564. The van der Waals surface area contributed by atoms with Crippen LogP contribution >= 0.6 is 22.9 Å². The first-order valence-corrected chi connectivity index (χ1v) is 10.7. The Morgan fingerprint density at radius 3 is 2.66 bits per heavy atom. The van der Waals surface area contributed by atoms with Crippen LogP contribution in [0.1, 0.15) is 25.1 Å². The van der Waals surface area contributed by atoms with E-state index in [1.54, 1.807) is 18.3 Å². The second-order valence-corrected chi connectivity index (χ2v) is 7.82. The number of halogens is 1. The minimum absolute atomic E-state index is 0.0924. The minimum atomic E-state index is -0.0924. The number of nitrogens with one attached hydrogen (secondary N) is 2. The van der Waals surface area contributed by atoms with E-state index in [1.165, 1.54) is 11.3 Å². The van der Waals surface area contributed by atoms with Gasteiger partial charge in [-0.15, -0.1) is 11.3 Å². The molecule has 0 aliphatic heterocycles. The number of amides is 1. The van der Waals surface area contributed by atoms with Gasteiger partial charge in [0.2, 0.25) is 5.91 Å². The average molecular weight is 430 g/mol. The van der Waals surface area contributed by atoms with Crippen LogP contribution in [0.5, 0.6) is 0 Å². The first-order valence-electron chi connectivity index (χ1n) is 9.47. The van der Waals surface area contributed by atoms with E-state index in [1.807, 2.05) is 24.4 Å². The quantitative estimate of drug-likeness (QED) is 0.510. The van der Waals surface area contributed by atoms with Crippen LogP contribution in [0.15, 0.2) is 41.9 Å². The van der Waals surface area contributed by atoms with Crippen molar-refractivity contribution < 1.29 is 4.79 Å². The van der Waals surface area contributed by atoms with Gasteiger partial charge in [0.25, 0.3) is 0 Å². The monoisotopic (exact) mass is 429 g/mol. The summed E-state index contributed by atoms with van der Waals surface area (Å²) in [7, 11) is 0. The number of pyridine rings is 1. The molecule has 1 amide bonds. The lowest BCUT2D eigenvalue weighted by Gasteiger charge is -2.22. The maximum absolute atomic E-state index is 12.5. The number of rotatable bonds is 8. The first-order chi connectivity index (χ1) is 14.0. The number of hydrogen-bond donors (Lipinski definition) is 2. The highest BCUT2D eigenvalue weighted by Gasteiger charge is 2.11. The zero-order chi connectivity index (χ0) is 20.8. The zero-order valence-electron chi connectivity index (χ0n) is 16.7. The predicted molar refractivity (Wildman–Crippen MR) is 122 cm³/mol. The van der Waals surface area contributed by atoms with E-state index in [-0.39, 0.29) is 12.3 Å². The van der Waals surface area contributed by atoms with Gasteiger partial charge >= 0.3 is 0 Å². The summed E-state index contributed by atoms with van der Waals surface area (Å²) in [4.78, 5) is 23.4. The number of anilines is 4. The molecule has 0 spiro atoms. The average Bonchev–Trinajstić information content (AvgIpc) is 3.13. The molecule has 0 atom stereocenters. The number of carbonyl (C=O) groups is 1. The molecule has 0 radical (unpaired) electrons. The van der Waals surface area contributed by atoms with Crippen LogP contribution in [-0.2, 0) is 11.2 Å². The molecule has 8 heteroatoms. The van der Waals surface area contributed by atoms with E-state index in [2.05, 4.69) is 45.4 Å². The van der Waals surface area contributed by atoms with Gasteiger partial charge in [-0.2, -0.15) is 0 Å². The van der Waals surface area contributed by atoms with Crippen molar-refractivity contribution in [3.8, 4) is 0 Å². The fourth-order valence-corrected chi connectivity index (χ4v) is 3.77. The van der Waals surface area contributed by atoms with Crippen molar-refractivity contribution in [1.82, 2.24) is 9.97 Å². The first kappa shape index (κ1) is 21.1. The van der Waals surface area contributed by atoms with Gasteiger partial charge in [0, 0.05) is 36.0 Å². The van der Waals surface area contributed by atoms with E-state index in [0.717, 1.165) is 30.0 Å². The third kappa shape index (κ3) is 5.68. The molecule has 0 saturated carbocycles. The van der Waals surface area contributed by atoms with Crippen LogP contribution in [0.3, 0.4) is 0 Å². The van der Waals surface area contributed by atoms with E-state index in [0.29, 0.717) is 21.7 Å². The molecule has 0 fully saturated rings. The second-order valence-electron chi connectivity index (χ2n) is 6.53. The van der Waals surface area contributed by atoms with Gasteiger partial charge in [0.05, 0.1) is 17.1 Å². The number of aromatic nitrogens is 2. The summed E-state index contributed by atoms with van der Waals surface area (Å²) < 4.78 is 0. The SMILES string of the molecule is CCN(CC)c1ccc(NC(=O)Cc2csc(Nc3ccc(Cl)cn3)n2)c(C)c1. The van der Waals surface area contributed by atoms with Crippen molar-refractivity contribution >= 4 is 51.2 Å². The van der Waals surface area contributed by atoms with Crippen LogP contribution in [0.25, 0.3) is 0 Å². The van der Waals surface area contributed by atoms with Crippen LogP contribution in [0, 0.1) is 6.92 Å². The number of carbonyl (C=O) groups excluding carboxylic acids is 1. The smallest absolute Gasteiger partial charge is 0.230 e. The van der Waals surface area contributed by atoms with E-state index < -0.39 is 0 Å². The van der Waals surface area contributed by atoms with Crippen LogP contribution in [0.4, 0.5) is 22.3 Å². The zero-order valence-corrected chi connectivity index (χ0v) is 18.3. The molecule has 6 nitrogen and oxygen atoms in total. The second kappa shape index (κ2) is 9.71. The summed E-state index contributed by atoms with van der Waals surface area (Å²) in [5.41, 5.74) is 3.74. The number of thiazole rings is 1. The van der Waals surface area contributed by atoms with Gasteiger partial charge in [0.15, 0.2) is 5.13 Å². The van der Waals surface area contributed by atoms with Gasteiger partial charge in [-0.3, -0.25) is 4.79 Å². The number of benzene rings is 1. The third-order valence-corrected chi connectivity index (χ3v) is 5.50. The van der Waals surface area contributed by atoms with E-state index in [9.17, 15) is 4.79 Å². The molecule has 2 heterocycles. The number of hydrogen-bond acceptors (Lipinski definition) is 6. The fraction of sp³-hybridized carbons (Fsp3) is 0.286. The van der Waals surface area contributed by atoms with Crippen molar-refractivity contribution in [3.63, 3.8) is 0 Å². The predicted octanol–water partition coefficient (Wildman–Crippen LogP) is 5.27. The lowest BCUT2D eigenvalue weighted by atomic mass is 10.1. The topological polar surface area (TPSA) is 70.2 Å². The molecule has 0 aliphatic carbocycles. The fourth-order valence-electron chi connectivity index (χ4n) is 2.94. The maximum atomic E-state index is 12.5. The molecular weight excluding hydrogens is 406 g/mol. The van der Waals surface area contributed by atoms with Crippen molar-refractivity contribution in [2.75, 3.05) is 28.6 Å². The summed E-state index contributed by atoms with van der Waals surface area (Å²) in [6.07, 6.45) is 1.78. The molecule has 152 valence electrons. The molecule has 0 bridgehead atoms. The van der Waals surface area contributed by atoms with Crippen molar-refractivity contribution in [2.45, 2.75) is 27.2 Å². The molecule has 2 aromatic heterocycles. The highest BCUT2D eigenvalue weighted by atomic mass is 35.5. The van der Waals surface area contributed by atoms with E-state index in [4.69, 9.17) is 11.6 Å². The molecule has 0 aliphatic rings. The standard InChI is InChI=1S/C21H24ClN5OS/c1-4-27(5-2)17-7-8-18(14(3)10-17)25-20(28)11-16-13-29-21(24-16)26-19-9-6-15(22)12-23-19/h6-10,12-13H,4-5,11H2,1-3H3,(H,25,28)(H,23,24,26). The molecule has 3 aromatic rings. The minimum Gasteiger partial charge on any atom is -0.372 e. The summed E-state index contributed by atoms with van der Waals surface area (Å²) >= 11 is 7.27. The molecular formula is C21H24ClN5OS. The Morgan fingerprint density at radius 2 is 2.00 bits per heavy atom. The highest BCUT2D eigenvalue weighted by Crippen LogP contribution is 2.24. The summed E-state index contributed by atoms with van der Waals surface area (Å²) in [6, 6.07) is 9.64. The Bertz CT molecular complexity index is 969.